The fraction of sp³-hybridized carbons (Fsp3) is 0.500. The van der Waals surface area contributed by atoms with E-state index in [1.54, 1.807) is 13.2 Å². The largest absolute Gasteiger partial charge is 0.396 e. The number of aliphatic hydroxyl groups is 1. The highest BCUT2D eigenvalue weighted by Gasteiger charge is 2.13. The van der Waals surface area contributed by atoms with Crippen molar-refractivity contribution in [3.05, 3.63) is 29.8 Å². The van der Waals surface area contributed by atoms with Crippen LogP contribution in [0.5, 0.6) is 0 Å². The molecule has 2 N–H and O–H groups in total. The van der Waals surface area contributed by atoms with E-state index in [1.165, 1.54) is 0 Å². The molecule has 0 aromatic heterocycles. The highest BCUT2D eigenvalue weighted by molar-refractivity contribution is 5.95. The van der Waals surface area contributed by atoms with E-state index < -0.39 is 0 Å². The van der Waals surface area contributed by atoms with Gasteiger partial charge in [0, 0.05) is 39.1 Å². The van der Waals surface area contributed by atoms with Crippen LogP contribution < -0.4 is 10.2 Å². The zero-order valence-electron chi connectivity index (χ0n) is 11.7. The van der Waals surface area contributed by atoms with Gasteiger partial charge < -0.3 is 20.1 Å². The van der Waals surface area contributed by atoms with E-state index in [4.69, 9.17) is 9.84 Å². The Morgan fingerprint density at radius 3 is 2.79 bits per heavy atom. The van der Waals surface area contributed by atoms with Crippen LogP contribution in [0.25, 0.3) is 0 Å². The molecule has 0 aliphatic rings. The summed E-state index contributed by atoms with van der Waals surface area (Å²) in [6.07, 6.45) is 0.479. The molecule has 0 heterocycles. The highest BCUT2D eigenvalue weighted by atomic mass is 16.5. The molecule has 0 bridgehead atoms. The Kier molecular flexibility index (Phi) is 6.32. The number of hydrogen-bond donors (Lipinski definition) is 2. The number of amides is 1. The molecule has 1 rings (SSSR count). The van der Waals surface area contributed by atoms with Crippen molar-refractivity contribution in [2.75, 3.05) is 39.3 Å². The van der Waals surface area contributed by atoms with Crippen LogP contribution in [-0.4, -0.2) is 51.5 Å². The van der Waals surface area contributed by atoms with Gasteiger partial charge in [-0.3, -0.25) is 4.79 Å². The summed E-state index contributed by atoms with van der Waals surface area (Å²) in [5, 5.41) is 11.8. The van der Waals surface area contributed by atoms with Gasteiger partial charge in [-0.1, -0.05) is 6.07 Å². The quantitative estimate of drug-likeness (QED) is 0.769. The van der Waals surface area contributed by atoms with Gasteiger partial charge in [0.25, 0.3) is 5.91 Å². The Morgan fingerprint density at radius 2 is 2.21 bits per heavy atom. The third-order valence-corrected chi connectivity index (χ3v) is 2.81. The zero-order valence-corrected chi connectivity index (χ0v) is 11.7. The van der Waals surface area contributed by atoms with Gasteiger partial charge in [0.15, 0.2) is 0 Å². The highest BCUT2D eigenvalue weighted by Crippen LogP contribution is 2.13. The number of hydrogen-bond acceptors (Lipinski definition) is 4. The predicted molar refractivity (Wildman–Crippen MR) is 75.6 cm³/mol. The van der Waals surface area contributed by atoms with Crippen molar-refractivity contribution < 1.29 is 14.6 Å². The van der Waals surface area contributed by atoms with Crippen molar-refractivity contribution in [3.8, 4) is 0 Å². The molecular formula is C14H22N2O3. The molecule has 0 saturated carbocycles. The molecule has 1 aromatic carbocycles. The van der Waals surface area contributed by atoms with Crippen LogP contribution in [0.3, 0.4) is 0 Å². The number of rotatable bonds is 7. The van der Waals surface area contributed by atoms with Crippen molar-refractivity contribution in [1.29, 1.82) is 0 Å². The van der Waals surface area contributed by atoms with E-state index in [1.807, 2.05) is 37.2 Å². The van der Waals surface area contributed by atoms with Gasteiger partial charge in [0.05, 0.1) is 12.6 Å². The van der Waals surface area contributed by atoms with Crippen LogP contribution in [0.15, 0.2) is 24.3 Å². The average molecular weight is 266 g/mol. The number of ether oxygens (including phenoxy) is 1. The summed E-state index contributed by atoms with van der Waals surface area (Å²) >= 11 is 0. The van der Waals surface area contributed by atoms with Crippen molar-refractivity contribution in [3.63, 3.8) is 0 Å². The topological polar surface area (TPSA) is 61.8 Å². The van der Waals surface area contributed by atoms with Crippen molar-refractivity contribution in [1.82, 2.24) is 5.32 Å². The zero-order chi connectivity index (χ0) is 14.3. The molecule has 0 radical (unpaired) electrons. The van der Waals surface area contributed by atoms with Gasteiger partial charge in [-0.05, 0) is 24.6 Å². The third-order valence-electron chi connectivity index (χ3n) is 2.81. The lowest BCUT2D eigenvalue weighted by Crippen LogP contribution is -2.38. The normalized spacial score (nSPS) is 12.0. The predicted octanol–water partition coefficient (Wildman–Crippen LogP) is 0.880. The van der Waals surface area contributed by atoms with Crippen LogP contribution in [0.4, 0.5) is 5.69 Å². The monoisotopic (exact) mass is 266 g/mol. The SMILES string of the molecule is COCC(CCO)NC(=O)c1cccc(N(C)C)c1. The number of methoxy groups -OCH3 is 1. The maximum Gasteiger partial charge on any atom is 0.251 e. The molecule has 0 saturated heterocycles. The molecule has 0 aliphatic carbocycles. The van der Waals surface area contributed by atoms with Crippen LogP contribution in [0, 0.1) is 0 Å². The fourth-order valence-electron chi connectivity index (χ4n) is 1.75. The molecule has 1 amide bonds. The number of nitrogens with zero attached hydrogens (tertiary/aromatic N) is 1. The molecule has 5 nitrogen and oxygen atoms in total. The molecule has 0 aliphatic heterocycles. The fourth-order valence-corrected chi connectivity index (χ4v) is 1.75. The van der Waals surface area contributed by atoms with Gasteiger partial charge in [0.2, 0.25) is 0 Å². The van der Waals surface area contributed by atoms with Gasteiger partial charge >= 0.3 is 0 Å². The summed E-state index contributed by atoms with van der Waals surface area (Å²) in [5.41, 5.74) is 1.57. The summed E-state index contributed by atoms with van der Waals surface area (Å²) in [4.78, 5) is 14.1. The number of aliphatic hydroxyl groups excluding tert-OH is 1. The summed E-state index contributed by atoms with van der Waals surface area (Å²) in [6.45, 7) is 0.408. The first kappa shape index (κ1) is 15.5. The average Bonchev–Trinajstić information content (AvgIpc) is 2.39. The molecule has 1 unspecified atom stereocenters. The lowest BCUT2D eigenvalue weighted by atomic mass is 10.1. The van der Waals surface area contributed by atoms with E-state index in [2.05, 4.69) is 5.32 Å². The van der Waals surface area contributed by atoms with E-state index in [0.29, 0.717) is 18.6 Å². The maximum atomic E-state index is 12.1. The Bertz CT molecular complexity index is 401. The van der Waals surface area contributed by atoms with Crippen molar-refractivity contribution in [2.24, 2.45) is 0 Å². The molecule has 0 fully saturated rings. The molecular weight excluding hydrogens is 244 g/mol. The van der Waals surface area contributed by atoms with Crippen LogP contribution >= 0.6 is 0 Å². The lowest BCUT2D eigenvalue weighted by Gasteiger charge is -2.18. The summed E-state index contributed by atoms with van der Waals surface area (Å²) in [7, 11) is 5.43. The second-order valence-electron chi connectivity index (χ2n) is 4.58. The number of nitrogens with one attached hydrogen (secondary N) is 1. The molecule has 1 aromatic rings. The summed E-state index contributed by atoms with van der Waals surface area (Å²) in [6, 6.07) is 7.22. The Hall–Kier alpha value is -1.59. The van der Waals surface area contributed by atoms with E-state index in [0.717, 1.165) is 5.69 Å². The second kappa shape index (κ2) is 7.76. The smallest absolute Gasteiger partial charge is 0.251 e. The number of carbonyl (C=O) groups is 1. The first-order valence-electron chi connectivity index (χ1n) is 6.26. The van der Waals surface area contributed by atoms with Gasteiger partial charge in [-0.15, -0.1) is 0 Å². The minimum atomic E-state index is -0.175. The standard InChI is InChI=1S/C14H22N2O3/c1-16(2)13-6-4-5-11(9-13)14(18)15-12(7-8-17)10-19-3/h4-6,9,12,17H,7-8,10H2,1-3H3,(H,15,18). The minimum absolute atomic E-state index is 0.0199. The number of carbonyl (C=O) groups excluding carboxylic acids is 1. The summed E-state index contributed by atoms with van der Waals surface area (Å²) < 4.78 is 5.02. The minimum Gasteiger partial charge on any atom is -0.396 e. The summed E-state index contributed by atoms with van der Waals surface area (Å²) in [5.74, 6) is -0.154. The lowest BCUT2D eigenvalue weighted by molar-refractivity contribution is 0.0879. The Morgan fingerprint density at radius 1 is 1.47 bits per heavy atom. The van der Waals surface area contributed by atoms with Crippen molar-refractivity contribution in [2.45, 2.75) is 12.5 Å². The Balaban J connectivity index is 2.73. The number of benzene rings is 1. The molecule has 5 heteroatoms. The van der Waals surface area contributed by atoms with E-state index in [9.17, 15) is 4.79 Å². The molecule has 1 atom stereocenters. The number of anilines is 1. The third kappa shape index (κ3) is 4.89. The van der Waals surface area contributed by atoms with Gasteiger partial charge in [-0.25, -0.2) is 0 Å². The van der Waals surface area contributed by atoms with Crippen molar-refractivity contribution >= 4 is 11.6 Å². The van der Waals surface area contributed by atoms with Gasteiger partial charge in [-0.2, -0.15) is 0 Å². The van der Waals surface area contributed by atoms with E-state index in [-0.39, 0.29) is 18.6 Å². The van der Waals surface area contributed by atoms with E-state index >= 15 is 0 Å². The Labute approximate surface area is 114 Å². The van der Waals surface area contributed by atoms with Crippen LogP contribution in [0.1, 0.15) is 16.8 Å². The maximum absolute atomic E-state index is 12.1. The first-order chi connectivity index (χ1) is 9.08. The second-order valence-corrected chi connectivity index (χ2v) is 4.58. The van der Waals surface area contributed by atoms with Crippen LogP contribution in [-0.2, 0) is 4.74 Å². The molecule has 19 heavy (non-hydrogen) atoms. The molecule has 0 spiro atoms. The molecule has 106 valence electrons. The first-order valence-corrected chi connectivity index (χ1v) is 6.26. The van der Waals surface area contributed by atoms with Gasteiger partial charge in [0.1, 0.15) is 0 Å². The van der Waals surface area contributed by atoms with Crippen LogP contribution in [0.2, 0.25) is 0 Å².